The third-order valence-electron chi connectivity index (χ3n) is 2.96. The Balaban J connectivity index is 2.28. The molecule has 0 fully saturated rings. The van der Waals surface area contributed by atoms with Gasteiger partial charge in [0, 0.05) is 26.2 Å². The molecule has 0 aliphatic rings. The van der Waals surface area contributed by atoms with Crippen LogP contribution in [0.5, 0.6) is 0 Å². The summed E-state index contributed by atoms with van der Waals surface area (Å²) in [7, 11) is 0. The molecule has 5 heteroatoms. The van der Waals surface area contributed by atoms with Gasteiger partial charge in [-0.1, -0.05) is 49.5 Å². The number of hydrogen-bond acceptors (Lipinski definition) is 2. The maximum absolute atomic E-state index is 6.30. The van der Waals surface area contributed by atoms with Crippen LogP contribution in [0.2, 0.25) is 5.02 Å². The predicted octanol–water partition coefficient (Wildman–Crippen LogP) is 5.29. The van der Waals surface area contributed by atoms with Crippen LogP contribution in [0, 0.1) is 6.92 Å². The van der Waals surface area contributed by atoms with Crippen molar-refractivity contribution in [3.05, 3.63) is 61.5 Å². The van der Waals surface area contributed by atoms with Crippen molar-refractivity contribution in [3.63, 3.8) is 0 Å². The molecule has 0 saturated heterocycles. The van der Waals surface area contributed by atoms with Crippen LogP contribution >= 0.6 is 43.5 Å². The van der Waals surface area contributed by atoms with Crippen molar-refractivity contribution in [2.24, 2.45) is 5.73 Å². The highest BCUT2D eigenvalue weighted by molar-refractivity contribution is 9.10. The Morgan fingerprint density at radius 2 is 1.90 bits per heavy atom. The fraction of sp³-hybridized carbons (Fsp3) is 0.200. The molecule has 1 unspecified atom stereocenters. The van der Waals surface area contributed by atoms with E-state index in [0.717, 1.165) is 20.2 Å². The number of benzene rings is 2. The molecule has 0 amide bonds. The molecule has 2 aromatic rings. The summed E-state index contributed by atoms with van der Waals surface area (Å²) in [6, 6.07) is 12.0. The van der Waals surface area contributed by atoms with E-state index in [1.54, 1.807) is 0 Å². The average Bonchev–Trinajstić information content (AvgIpc) is 2.35. The van der Waals surface area contributed by atoms with Crippen molar-refractivity contribution in [1.82, 2.24) is 0 Å². The third-order valence-corrected chi connectivity index (χ3v) is 4.24. The lowest BCUT2D eigenvalue weighted by atomic mass is 10.1. The van der Waals surface area contributed by atoms with Gasteiger partial charge in [0.05, 0.1) is 6.04 Å². The van der Waals surface area contributed by atoms with Gasteiger partial charge < -0.3 is 11.1 Å². The quantitative estimate of drug-likeness (QED) is 0.708. The van der Waals surface area contributed by atoms with Gasteiger partial charge in [0.25, 0.3) is 0 Å². The number of rotatable bonds is 4. The molecule has 3 N–H and O–H groups in total. The standard InChI is InChI=1S/C15H15Br2ClN2/c1-9-4-11(17)6-12(5-9)20-15(8-19)13-3-2-10(16)7-14(13)18/h2-7,15,20H,8,19H2,1H3. The van der Waals surface area contributed by atoms with E-state index in [4.69, 9.17) is 17.3 Å². The zero-order valence-corrected chi connectivity index (χ0v) is 14.9. The summed E-state index contributed by atoms with van der Waals surface area (Å²) in [5.41, 5.74) is 9.09. The molecule has 0 aliphatic carbocycles. The summed E-state index contributed by atoms with van der Waals surface area (Å²) in [5, 5.41) is 4.13. The smallest absolute Gasteiger partial charge is 0.0650 e. The predicted molar refractivity (Wildman–Crippen MR) is 93.4 cm³/mol. The van der Waals surface area contributed by atoms with Crippen molar-refractivity contribution in [1.29, 1.82) is 0 Å². The molecule has 0 spiro atoms. The van der Waals surface area contributed by atoms with Gasteiger partial charge in [-0.15, -0.1) is 0 Å². The van der Waals surface area contributed by atoms with Crippen LogP contribution in [-0.4, -0.2) is 6.54 Å². The number of hydrogen-bond donors (Lipinski definition) is 2. The number of anilines is 1. The first-order chi connectivity index (χ1) is 9.49. The summed E-state index contributed by atoms with van der Waals surface area (Å²) in [6.45, 7) is 2.52. The van der Waals surface area contributed by atoms with Crippen LogP contribution in [-0.2, 0) is 0 Å². The number of nitrogens with two attached hydrogens (primary N) is 1. The van der Waals surface area contributed by atoms with E-state index >= 15 is 0 Å². The Hall–Kier alpha value is -0.550. The van der Waals surface area contributed by atoms with Crippen LogP contribution in [0.25, 0.3) is 0 Å². The monoisotopic (exact) mass is 416 g/mol. The van der Waals surface area contributed by atoms with Gasteiger partial charge in [0.1, 0.15) is 0 Å². The average molecular weight is 419 g/mol. The molecule has 2 rings (SSSR count). The Bertz CT molecular complexity index is 597. The van der Waals surface area contributed by atoms with Gasteiger partial charge in [-0.3, -0.25) is 0 Å². The summed E-state index contributed by atoms with van der Waals surface area (Å²) < 4.78 is 2.00. The van der Waals surface area contributed by atoms with Gasteiger partial charge in [0.15, 0.2) is 0 Å². The van der Waals surface area contributed by atoms with Crippen molar-refractivity contribution in [3.8, 4) is 0 Å². The van der Waals surface area contributed by atoms with E-state index < -0.39 is 0 Å². The molecular weight excluding hydrogens is 403 g/mol. The van der Waals surface area contributed by atoms with E-state index in [2.05, 4.69) is 56.2 Å². The molecule has 0 aliphatic heterocycles. The van der Waals surface area contributed by atoms with E-state index in [-0.39, 0.29) is 6.04 Å². The van der Waals surface area contributed by atoms with Crippen molar-refractivity contribution < 1.29 is 0 Å². The van der Waals surface area contributed by atoms with E-state index in [9.17, 15) is 0 Å². The summed E-state index contributed by atoms with van der Waals surface area (Å²) in [6.07, 6.45) is 0. The second-order valence-electron chi connectivity index (χ2n) is 4.62. The molecule has 0 bridgehead atoms. The molecule has 106 valence electrons. The van der Waals surface area contributed by atoms with E-state index in [0.29, 0.717) is 11.6 Å². The van der Waals surface area contributed by atoms with Crippen LogP contribution in [0.4, 0.5) is 5.69 Å². The first kappa shape index (κ1) is 15.8. The third kappa shape index (κ3) is 3.98. The summed E-state index contributed by atoms with van der Waals surface area (Å²) >= 11 is 13.2. The summed E-state index contributed by atoms with van der Waals surface area (Å²) in [4.78, 5) is 0. The molecule has 2 aromatic carbocycles. The molecule has 20 heavy (non-hydrogen) atoms. The Labute approximate surface area is 141 Å². The topological polar surface area (TPSA) is 38.0 Å². The van der Waals surface area contributed by atoms with Gasteiger partial charge in [0.2, 0.25) is 0 Å². The SMILES string of the molecule is Cc1cc(Br)cc(NC(CN)c2ccc(Br)cc2Cl)c1. The van der Waals surface area contributed by atoms with Crippen molar-refractivity contribution in [2.45, 2.75) is 13.0 Å². The maximum Gasteiger partial charge on any atom is 0.0650 e. The second kappa shape index (κ2) is 6.94. The fourth-order valence-electron chi connectivity index (χ4n) is 2.07. The molecule has 0 heterocycles. The van der Waals surface area contributed by atoms with Crippen LogP contribution in [0.1, 0.15) is 17.2 Å². The minimum Gasteiger partial charge on any atom is -0.377 e. The lowest BCUT2D eigenvalue weighted by Gasteiger charge is -2.20. The molecule has 2 nitrogen and oxygen atoms in total. The Morgan fingerprint density at radius 3 is 2.50 bits per heavy atom. The number of halogens is 3. The van der Waals surface area contributed by atoms with Gasteiger partial charge >= 0.3 is 0 Å². The number of nitrogens with one attached hydrogen (secondary N) is 1. The maximum atomic E-state index is 6.30. The minimum atomic E-state index is -0.0238. The number of aryl methyl sites for hydroxylation is 1. The van der Waals surface area contributed by atoms with Gasteiger partial charge in [-0.25, -0.2) is 0 Å². The Kier molecular flexibility index (Phi) is 5.49. The Morgan fingerprint density at radius 1 is 1.15 bits per heavy atom. The second-order valence-corrected chi connectivity index (χ2v) is 6.85. The zero-order chi connectivity index (χ0) is 14.7. The first-order valence-electron chi connectivity index (χ1n) is 6.18. The zero-order valence-electron chi connectivity index (χ0n) is 11.0. The molecule has 0 saturated carbocycles. The van der Waals surface area contributed by atoms with Crippen molar-refractivity contribution in [2.75, 3.05) is 11.9 Å². The first-order valence-corrected chi connectivity index (χ1v) is 8.14. The van der Waals surface area contributed by atoms with E-state index in [1.807, 2.05) is 24.3 Å². The van der Waals surface area contributed by atoms with Gasteiger partial charge in [-0.05, 0) is 48.4 Å². The highest BCUT2D eigenvalue weighted by atomic mass is 79.9. The van der Waals surface area contributed by atoms with Crippen LogP contribution in [0.3, 0.4) is 0 Å². The highest BCUT2D eigenvalue weighted by Crippen LogP contribution is 2.29. The molecule has 0 radical (unpaired) electrons. The highest BCUT2D eigenvalue weighted by Gasteiger charge is 2.13. The molecular formula is C15H15Br2ClN2. The summed E-state index contributed by atoms with van der Waals surface area (Å²) in [5.74, 6) is 0. The van der Waals surface area contributed by atoms with Crippen LogP contribution < -0.4 is 11.1 Å². The van der Waals surface area contributed by atoms with Crippen LogP contribution in [0.15, 0.2) is 45.3 Å². The van der Waals surface area contributed by atoms with Crippen molar-refractivity contribution >= 4 is 49.1 Å². The normalized spacial score (nSPS) is 12.2. The lowest BCUT2D eigenvalue weighted by molar-refractivity contribution is 0.790. The molecule has 1 atom stereocenters. The van der Waals surface area contributed by atoms with E-state index in [1.165, 1.54) is 5.56 Å². The largest absolute Gasteiger partial charge is 0.377 e. The fourth-order valence-corrected chi connectivity index (χ4v) is 3.48. The lowest BCUT2D eigenvalue weighted by Crippen LogP contribution is -2.21. The van der Waals surface area contributed by atoms with Gasteiger partial charge in [-0.2, -0.15) is 0 Å². The minimum absolute atomic E-state index is 0.0238. The molecule has 0 aromatic heterocycles.